The average molecular weight is 328 g/mol. The molecule has 0 saturated carbocycles. The Morgan fingerprint density at radius 3 is 2.39 bits per heavy atom. The maximum absolute atomic E-state index is 12.6. The zero-order valence-electron chi connectivity index (χ0n) is 12.4. The molecule has 3 aromatic rings. The number of ketones is 1. The van der Waals surface area contributed by atoms with E-state index in [0.29, 0.717) is 21.9 Å². The fourth-order valence-electron chi connectivity index (χ4n) is 2.22. The van der Waals surface area contributed by atoms with Crippen LogP contribution in [0.2, 0.25) is 5.02 Å². The summed E-state index contributed by atoms with van der Waals surface area (Å²) in [4.78, 5) is 12.6. The van der Waals surface area contributed by atoms with Gasteiger partial charge in [0.15, 0.2) is 5.78 Å². The molecular formula is C17H14ClN3O2. The van der Waals surface area contributed by atoms with Crippen LogP contribution in [-0.4, -0.2) is 22.7 Å². The van der Waals surface area contributed by atoms with Crippen molar-refractivity contribution in [3.8, 4) is 11.4 Å². The summed E-state index contributed by atoms with van der Waals surface area (Å²) >= 11 is 5.87. The standard InChI is InChI=1S/C17H14ClN3O2/c1-23-14-8-2-11(3-9-14)16(22)15-10-20-21(17(15)19)13-6-4-12(18)5-7-13/h2-10H,19H2,1H3. The van der Waals surface area contributed by atoms with Crippen molar-refractivity contribution in [3.05, 3.63) is 70.9 Å². The molecule has 0 amide bonds. The lowest BCUT2D eigenvalue weighted by Gasteiger charge is -2.05. The third kappa shape index (κ3) is 2.91. The van der Waals surface area contributed by atoms with E-state index in [9.17, 15) is 4.79 Å². The number of methoxy groups -OCH3 is 1. The number of rotatable bonds is 4. The number of benzene rings is 2. The average Bonchev–Trinajstić information content (AvgIpc) is 2.96. The number of halogens is 1. The summed E-state index contributed by atoms with van der Waals surface area (Å²) in [5, 5.41) is 4.82. The molecule has 0 saturated heterocycles. The van der Waals surface area contributed by atoms with Gasteiger partial charge in [-0.05, 0) is 48.5 Å². The zero-order chi connectivity index (χ0) is 16.4. The normalized spacial score (nSPS) is 10.5. The van der Waals surface area contributed by atoms with Crippen LogP contribution >= 0.6 is 11.6 Å². The van der Waals surface area contributed by atoms with E-state index in [0.717, 1.165) is 5.69 Å². The third-order valence-corrected chi connectivity index (χ3v) is 3.73. The first-order valence-corrected chi connectivity index (χ1v) is 7.26. The minimum absolute atomic E-state index is 0.189. The second-order valence-corrected chi connectivity index (χ2v) is 5.33. The van der Waals surface area contributed by atoms with Crippen LogP contribution < -0.4 is 10.5 Å². The number of nitrogens with two attached hydrogens (primary N) is 1. The van der Waals surface area contributed by atoms with Crippen LogP contribution in [0.15, 0.2) is 54.7 Å². The van der Waals surface area contributed by atoms with Gasteiger partial charge in [-0.25, -0.2) is 4.68 Å². The lowest BCUT2D eigenvalue weighted by atomic mass is 10.1. The molecule has 0 unspecified atom stereocenters. The molecule has 6 heteroatoms. The maximum atomic E-state index is 12.6. The maximum Gasteiger partial charge on any atom is 0.198 e. The highest BCUT2D eigenvalue weighted by molar-refractivity contribution is 6.30. The molecule has 116 valence electrons. The molecule has 0 aliphatic heterocycles. The smallest absolute Gasteiger partial charge is 0.198 e. The van der Waals surface area contributed by atoms with Gasteiger partial charge in [-0.3, -0.25) is 4.79 Å². The predicted molar refractivity (Wildman–Crippen MR) is 89.4 cm³/mol. The molecule has 3 rings (SSSR count). The van der Waals surface area contributed by atoms with E-state index in [1.54, 1.807) is 55.6 Å². The fraction of sp³-hybridized carbons (Fsp3) is 0.0588. The van der Waals surface area contributed by atoms with Gasteiger partial charge in [0, 0.05) is 10.6 Å². The van der Waals surface area contributed by atoms with Crippen molar-refractivity contribution >= 4 is 23.2 Å². The van der Waals surface area contributed by atoms with Gasteiger partial charge in [-0.1, -0.05) is 11.6 Å². The van der Waals surface area contributed by atoms with Gasteiger partial charge in [0.2, 0.25) is 0 Å². The van der Waals surface area contributed by atoms with Gasteiger partial charge in [-0.2, -0.15) is 5.10 Å². The van der Waals surface area contributed by atoms with Gasteiger partial charge in [0.25, 0.3) is 0 Å². The molecule has 0 atom stereocenters. The number of ether oxygens (including phenoxy) is 1. The largest absolute Gasteiger partial charge is 0.497 e. The minimum Gasteiger partial charge on any atom is -0.497 e. The summed E-state index contributed by atoms with van der Waals surface area (Å²) in [7, 11) is 1.57. The summed E-state index contributed by atoms with van der Waals surface area (Å²) < 4.78 is 6.59. The van der Waals surface area contributed by atoms with Crippen molar-refractivity contribution < 1.29 is 9.53 Å². The minimum atomic E-state index is -0.189. The van der Waals surface area contributed by atoms with E-state index in [4.69, 9.17) is 22.1 Å². The van der Waals surface area contributed by atoms with Gasteiger partial charge in [0.1, 0.15) is 11.6 Å². The van der Waals surface area contributed by atoms with Gasteiger partial charge < -0.3 is 10.5 Å². The van der Waals surface area contributed by atoms with E-state index in [1.807, 2.05) is 0 Å². The highest BCUT2D eigenvalue weighted by atomic mass is 35.5. The Hall–Kier alpha value is -2.79. The first-order chi connectivity index (χ1) is 11.1. The molecule has 1 aromatic heterocycles. The Labute approximate surface area is 138 Å². The first-order valence-electron chi connectivity index (χ1n) is 6.88. The number of carbonyl (C=O) groups is 1. The quantitative estimate of drug-likeness (QED) is 0.746. The molecule has 0 radical (unpaired) electrons. The molecule has 23 heavy (non-hydrogen) atoms. The van der Waals surface area contributed by atoms with Gasteiger partial charge in [-0.15, -0.1) is 0 Å². The van der Waals surface area contributed by atoms with Crippen molar-refractivity contribution in [1.82, 2.24) is 9.78 Å². The van der Waals surface area contributed by atoms with Crippen molar-refractivity contribution in [1.29, 1.82) is 0 Å². The summed E-state index contributed by atoms with van der Waals surface area (Å²) in [5.74, 6) is 0.782. The van der Waals surface area contributed by atoms with Crippen molar-refractivity contribution in [2.45, 2.75) is 0 Å². The molecule has 1 heterocycles. The number of nitrogen functional groups attached to an aromatic ring is 1. The number of aromatic nitrogens is 2. The molecule has 0 fully saturated rings. The number of hydrogen-bond acceptors (Lipinski definition) is 4. The molecule has 2 N–H and O–H groups in total. The van der Waals surface area contributed by atoms with E-state index in [1.165, 1.54) is 10.9 Å². The van der Waals surface area contributed by atoms with Crippen LogP contribution in [0.4, 0.5) is 5.82 Å². The van der Waals surface area contributed by atoms with E-state index >= 15 is 0 Å². The molecule has 0 bridgehead atoms. The summed E-state index contributed by atoms with van der Waals surface area (Å²) in [6.07, 6.45) is 1.47. The zero-order valence-corrected chi connectivity index (χ0v) is 13.1. The highest BCUT2D eigenvalue weighted by Gasteiger charge is 2.17. The second kappa shape index (κ2) is 6.14. The van der Waals surface area contributed by atoms with Gasteiger partial charge in [0.05, 0.1) is 24.6 Å². The molecule has 0 spiro atoms. The van der Waals surface area contributed by atoms with E-state index in [2.05, 4.69) is 5.10 Å². The number of nitrogens with zero attached hydrogens (tertiary/aromatic N) is 2. The lowest BCUT2D eigenvalue weighted by molar-refractivity contribution is 0.103. The van der Waals surface area contributed by atoms with Crippen LogP contribution in [-0.2, 0) is 0 Å². The Kier molecular flexibility index (Phi) is 4.04. The monoisotopic (exact) mass is 327 g/mol. The van der Waals surface area contributed by atoms with Crippen LogP contribution in [0.3, 0.4) is 0 Å². The Balaban J connectivity index is 1.94. The number of anilines is 1. The Morgan fingerprint density at radius 1 is 1.13 bits per heavy atom. The lowest BCUT2D eigenvalue weighted by Crippen LogP contribution is -2.07. The highest BCUT2D eigenvalue weighted by Crippen LogP contribution is 2.22. The number of carbonyl (C=O) groups excluding carboxylic acids is 1. The summed E-state index contributed by atoms with van der Waals surface area (Å²) in [6.45, 7) is 0. The number of hydrogen-bond donors (Lipinski definition) is 1. The predicted octanol–water partition coefficient (Wildman–Crippen LogP) is 3.35. The second-order valence-electron chi connectivity index (χ2n) is 4.89. The van der Waals surface area contributed by atoms with Crippen LogP contribution in [0.5, 0.6) is 5.75 Å². The molecule has 5 nitrogen and oxygen atoms in total. The molecular weight excluding hydrogens is 314 g/mol. The SMILES string of the molecule is COc1ccc(C(=O)c2cnn(-c3ccc(Cl)cc3)c2N)cc1. The van der Waals surface area contributed by atoms with Crippen molar-refractivity contribution in [2.24, 2.45) is 0 Å². The molecule has 0 aliphatic rings. The van der Waals surface area contributed by atoms with Crippen LogP contribution in [0.25, 0.3) is 5.69 Å². The van der Waals surface area contributed by atoms with Crippen LogP contribution in [0, 0.1) is 0 Å². The Morgan fingerprint density at radius 2 is 1.78 bits per heavy atom. The third-order valence-electron chi connectivity index (χ3n) is 3.47. The topological polar surface area (TPSA) is 70.1 Å². The van der Waals surface area contributed by atoms with Crippen molar-refractivity contribution in [2.75, 3.05) is 12.8 Å². The summed E-state index contributed by atoms with van der Waals surface area (Å²) in [5.41, 5.74) is 7.70. The molecule has 0 aliphatic carbocycles. The Bertz CT molecular complexity index is 839. The summed E-state index contributed by atoms with van der Waals surface area (Å²) in [6, 6.07) is 13.9. The van der Waals surface area contributed by atoms with Crippen LogP contribution in [0.1, 0.15) is 15.9 Å². The van der Waals surface area contributed by atoms with E-state index in [-0.39, 0.29) is 11.6 Å². The first kappa shape index (κ1) is 15.1. The molecule has 2 aromatic carbocycles. The fourth-order valence-corrected chi connectivity index (χ4v) is 2.34. The van der Waals surface area contributed by atoms with E-state index < -0.39 is 0 Å². The van der Waals surface area contributed by atoms with Crippen molar-refractivity contribution in [3.63, 3.8) is 0 Å². The van der Waals surface area contributed by atoms with Gasteiger partial charge >= 0.3 is 0 Å².